The molecule has 5 nitrogen and oxygen atoms in total. The van der Waals surface area contributed by atoms with E-state index in [9.17, 15) is 9.59 Å². The topological polar surface area (TPSA) is 61.8 Å². The predicted molar refractivity (Wildman–Crippen MR) is 83.7 cm³/mol. The second-order valence-electron chi connectivity index (χ2n) is 8.03. The van der Waals surface area contributed by atoms with Crippen molar-refractivity contribution in [3.05, 3.63) is 11.6 Å². The summed E-state index contributed by atoms with van der Waals surface area (Å²) >= 11 is 0. The van der Waals surface area contributed by atoms with E-state index in [2.05, 4.69) is 26.8 Å². The van der Waals surface area contributed by atoms with Gasteiger partial charge in [-0.2, -0.15) is 0 Å². The van der Waals surface area contributed by atoms with Gasteiger partial charge in [-0.15, -0.1) is 0 Å². The van der Waals surface area contributed by atoms with Crippen LogP contribution in [0, 0.1) is 16.7 Å². The molecule has 3 rings (SSSR count). The van der Waals surface area contributed by atoms with E-state index in [0.29, 0.717) is 5.92 Å². The third-order valence-electron chi connectivity index (χ3n) is 6.35. The zero-order valence-corrected chi connectivity index (χ0v) is 14.4. The van der Waals surface area contributed by atoms with Gasteiger partial charge in [0.05, 0.1) is 0 Å². The number of ether oxygens (including phenoxy) is 3. The zero-order valence-electron chi connectivity index (χ0n) is 14.4. The van der Waals surface area contributed by atoms with E-state index in [0.717, 1.165) is 24.8 Å². The Hall–Kier alpha value is -1.52. The minimum Gasteiger partial charge on any atom is -0.461 e. The van der Waals surface area contributed by atoms with E-state index >= 15 is 0 Å². The fourth-order valence-electron chi connectivity index (χ4n) is 5.13. The number of fused-ring (bicyclic) bond motifs is 2. The van der Waals surface area contributed by atoms with Crippen LogP contribution in [0.5, 0.6) is 0 Å². The second kappa shape index (κ2) is 5.25. The summed E-state index contributed by atoms with van der Waals surface area (Å²) in [5.41, 5.74) is 0.0408. The quantitative estimate of drug-likeness (QED) is 0.574. The van der Waals surface area contributed by atoms with Gasteiger partial charge in [0.15, 0.2) is 5.60 Å². The third-order valence-corrected chi connectivity index (χ3v) is 6.35. The Bertz CT molecular complexity index is 564. The lowest BCUT2D eigenvalue weighted by atomic mass is 9.47. The molecule has 0 bridgehead atoms. The molecule has 5 heteroatoms. The van der Waals surface area contributed by atoms with E-state index in [4.69, 9.17) is 14.2 Å². The molecule has 0 aromatic rings. The molecule has 1 saturated heterocycles. The molecule has 0 unspecified atom stereocenters. The Balaban J connectivity index is 2.03. The maximum Gasteiger partial charge on any atom is 0.509 e. The van der Waals surface area contributed by atoms with Crippen LogP contribution in [0.4, 0.5) is 4.79 Å². The van der Waals surface area contributed by atoms with Crippen LogP contribution in [0.1, 0.15) is 53.4 Å². The molecular weight excluding hydrogens is 296 g/mol. The van der Waals surface area contributed by atoms with Gasteiger partial charge < -0.3 is 14.2 Å². The van der Waals surface area contributed by atoms with Gasteiger partial charge in [0.1, 0.15) is 13.2 Å². The Morgan fingerprint density at radius 2 is 2.09 bits per heavy atom. The number of rotatable bonds is 2. The molecule has 2 fully saturated rings. The molecule has 128 valence electrons. The Labute approximate surface area is 137 Å². The monoisotopic (exact) mass is 322 g/mol. The maximum absolute atomic E-state index is 11.8. The van der Waals surface area contributed by atoms with Gasteiger partial charge in [-0.05, 0) is 30.6 Å². The van der Waals surface area contributed by atoms with Crippen molar-refractivity contribution in [2.75, 3.05) is 13.2 Å². The molecule has 23 heavy (non-hydrogen) atoms. The highest BCUT2D eigenvalue weighted by molar-refractivity contribution is 5.67. The lowest BCUT2D eigenvalue weighted by Crippen LogP contribution is -2.61. The number of cyclic esters (lactones) is 1. The van der Waals surface area contributed by atoms with Crippen LogP contribution >= 0.6 is 0 Å². The van der Waals surface area contributed by atoms with Crippen LogP contribution in [-0.2, 0) is 19.0 Å². The Morgan fingerprint density at radius 3 is 2.70 bits per heavy atom. The molecule has 1 aliphatic heterocycles. The molecule has 2 aliphatic carbocycles. The number of hydrogen-bond acceptors (Lipinski definition) is 5. The van der Waals surface area contributed by atoms with Crippen molar-refractivity contribution >= 4 is 12.1 Å². The van der Waals surface area contributed by atoms with Gasteiger partial charge in [0.25, 0.3) is 0 Å². The average Bonchev–Trinajstić information content (AvgIpc) is 2.83. The fraction of sp³-hybridized carbons (Fsp3) is 0.778. The standard InChI is InChI=1S/C18H26O5/c1-12(19)21-10-13-6-7-14-16(2,3)8-5-9-17(14,4)18(13)11-22-15(20)23-18/h6,14H,5,7-11H2,1-4H3/t14-,17-,18+/m0/s1. The van der Waals surface area contributed by atoms with Crippen molar-refractivity contribution in [3.63, 3.8) is 0 Å². The van der Waals surface area contributed by atoms with Crippen molar-refractivity contribution in [2.24, 2.45) is 16.7 Å². The predicted octanol–water partition coefficient (Wildman–Crippen LogP) is 3.62. The van der Waals surface area contributed by atoms with E-state index < -0.39 is 11.8 Å². The van der Waals surface area contributed by atoms with Crippen LogP contribution < -0.4 is 0 Å². The first-order valence-corrected chi connectivity index (χ1v) is 8.40. The highest BCUT2D eigenvalue weighted by Crippen LogP contribution is 2.63. The van der Waals surface area contributed by atoms with Crippen LogP contribution in [0.25, 0.3) is 0 Å². The maximum atomic E-state index is 11.8. The van der Waals surface area contributed by atoms with Crippen molar-refractivity contribution in [3.8, 4) is 0 Å². The first kappa shape index (κ1) is 16.3. The SMILES string of the molecule is CC(=O)OCC1=CC[C@H]2C(C)(C)CCC[C@]2(C)[C@@]12COC(=O)O2. The fourth-order valence-corrected chi connectivity index (χ4v) is 5.13. The van der Waals surface area contributed by atoms with Crippen molar-refractivity contribution in [2.45, 2.75) is 59.0 Å². The van der Waals surface area contributed by atoms with Gasteiger partial charge in [-0.3, -0.25) is 4.79 Å². The van der Waals surface area contributed by atoms with Gasteiger partial charge in [-0.25, -0.2) is 4.79 Å². The summed E-state index contributed by atoms with van der Waals surface area (Å²) in [4.78, 5) is 23.0. The lowest BCUT2D eigenvalue weighted by Gasteiger charge is -2.59. The van der Waals surface area contributed by atoms with E-state index in [1.54, 1.807) is 0 Å². The summed E-state index contributed by atoms with van der Waals surface area (Å²) < 4.78 is 16.2. The van der Waals surface area contributed by atoms with Gasteiger partial charge in [-0.1, -0.05) is 33.3 Å². The third kappa shape index (κ3) is 2.36. The summed E-state index contributed by atoms with van der Waals surface area (Å²) in [6.45, 7) is 8.57. The molecule has 3 aliphatic rings. The summed E-state index contributed by atoms with van der Waals surface area (Å²) in [6.07, 6.45) is 5.65. The summed E-state index contributed by atoms with van der Waals surface area (Å²) in [6, 6.07) is 0. The number of hydrogen-bond donors (Lipinski definition) is 0. The number of carbonyl (C=O) groups is 2. The minimum atomic E-state index is -0.805. The normalized spacial score (nSPS) is 38.3. The average molecular weight is 322 g/mol. The number of carbonyl (C=O) groups excluding carboxylic acids is 2. The van der Waals surface area contributed by atoms with Crippen LogP contribution in [0.3, 0.4) is 0 Å². The van der Waals surface area contributed by atoms with Crippen LogP contribution in [0.15, 0.2) is 11.6 Å². The van der Waals surface area contributed by atoms with Crippen molar-refractivity contribution in [1.29, 1.82) is 0 Å². The molecule has 0 N–H and O–H groups in total. The van der Waals surface area contributed by atoms with Crippen LogP contribution in [0.2, 0.25) is 0 Å². The van der Waals surface area contributed by atoms with Crippen LogP contribution in [-0.4, -0.2) is 30.9 Å². The summed E-state index contributed by atoms with van der Waals surface area (Å²) in [5.74, 6) is 0.0712. The summed E-state index contributed by atoms with van der Waals surface area (Å²) in [5, 5.41) is 0. The second-order valence-corrected chi connectivity index (χ2v) is 8.03. The molecule has 3 atom stereocenters. The first-order chi connectivity index (χ1) is 10.7. The van der Waals surface area contributed by atoms with E-state index in [1.165, 1.54) is 13.3 Å². The molecule has 1 heterocycles. The molecule has 0 amide bonds. The molecule has 1 spiro atoms. The van der Waals surface area contributed by atoms with Gasteiger partial charge in [0.2, 0.25) is 0 Å². The van der Waals surface area contributed by atoms with Crippen molar-refractivity contribution in [1.82, 2.24) is 0 Å². The molecule has 0 aromatic carbocycles. The first-order valence-electron chi connectivity index (χ1n) is 8.40. The van der Waals surface area contributed by atoms with Crippen molar-refractivity contribution < 1.29 is 23.8 Å². The summed E-state index contributed by atoms with van der Waals surface area (Å²) in [7, 11) is 0. The van der Waals surface area contributed by atoms with E-state index in [1.807, 2.05) is 0 Å². The highest BCUT2D eigenvalue weighted by Gasteiger charge is 2.65. The molecular formula is C18H26O5. The van der Waals surface area contributed by atoms with Gasteiger partial charge >= 0.3 is 12.1 Å². The minimum absolute atomic E-state index is 0.161. The van der Waals surface area contributed by atoms with Gasteiger partial charge in [0, 0.05) is 17.9 Å². The zero-order chi connectivity index (χ0) is 16.9. The lowest BCUT2D eigenvalue weighted by molar-refractivity contribution is -0.146. The largest absolute Gasteiger partial charge is 0.509 e. The highest BCUT2D eigenvalue weighted by atomic mass is 16.8. The smallest absolute Gasteiger partial charge is 0.461 e. The Kier molecular flexibility index (Phi) is 3.73. The molecule has 1 saturated carbocycles. The van der Waals surface area contributed by atoms with E-state index in [-0.39, 0.29) is 30.0 Å². The molecule has 0 aromatic heterocycles. The number of esters is 1. The number of allylic oxidation sites excluding steroid dienone is 1. The Morgan fingerprint density at radius 1 is 1.35 bits per heavy atom. The molecule has 0 radical (unpaired) electrons.